The van der Waals surface area contributed by atoms with Crippen LogP contribution in [0.15, 0.2) is 60.7 Å². The molecule has 106 valence electrons. The van der Waals surface area contributed by atoms with Gasteiger partial charge in [-0.25, -0.2) is 0 Å². The van der Waals surface area contributed by atoms with Gasteiger partial charge in [-0.1, -0.05) is 60.7 Å². The zero-order valence-electron chi connectivity index (χ0n) is 12.3. The summed E-state index contributed by atoms with van der Waals surface area (Å²) in [5.41, 5.74) is 8.52. The molecular weight excluding hydrogens is 287 g/mol. The van der Waals surface area contributed by atoms with Gasteiger partial charge in [0.2, 0.25) is 0 Å². The molecule has 1 heteroatoms. The van der Waals surface area contributed by atoms with Crippen molar-refractivity contribution in [3.05, 3.63) is 104 Å². The summed E-state index contributed by atoms with van der Waals surface area (Å²) in [6.45, 7) is 0. The van der Waals surface area contributed by atoms with E-state index in [2.05, 4.69) is 72.8 Å². The molecule has 0 saturated heterocycles. The van der Waals surface area contributed by atoms with E-state index in [4.69, 9.17) is 0 Å². The van der Waals surface area contributed by atoms with E-state index in [0.29, 0.717) is 0 Å². The molecule has 3 aromatic rings. The van der Waals surface area contributed by atoms with E-state index in [1.807, 2.05) is 0 Å². The summed E-state index contributed by atoms with van der Waals surface area (Å²) in [6.07, 6.45) is 6.78. The molecule has 0 amide bonds. The first-order valence-electron chi connectivity index (χ1n) is 7.88. The summed E-state index contributed by atoms with van der Waals surface area (Å²) in [5.74, 6) is 0. The summed E-state index contributed by atoms with van der Waals surface area (Å²) in [7, 11) is 0. The minimum atomic E-state index is 0. The van der Waals surface area contributed by atoms with Crippen molar-refractivity contribution in [2.45, 2.75) is 12.8 Å². The van der Waals surface area contributed by atoms with E-state index in [-0.39, 0.29) is 29.6 Å². The van der Waals surface area contributed by atoms with E-state index < -0.39 is 0 Å². The Labute approximate surface area is 158 Å². The summed E-state index contributed by atoms with van der Waals surface area (Å²) >= 11 is 0. The predicted octanol–water partition coefficient (Wildman–Crippen LogP) is 2.50. The van der Waals surface area contributed by atoms with Crippen LogP contribution in [0.25, 0.3) is 12.2 Å². The fourth-order valence-electron chi connectivity index (χ4n) is 3.72. The minimum absolute atomic E-state index is 0. The number of hydrogen-bond acceptors (Lipinski definition) is 0. The molecule has 23 heavy (non-hydrogen) atoms. The Morgan fingerprint density at radius 2 is 0.957 bits per heavy atom. The van der Waals surface area contributed by atoms with Crippen molar-refractivity contribution < 1.29 is 0 Å². The fourth-order valence-corrected chi connectivity index (χ4v) is 3.72. The molecule has 0 nitrogen and oxygen atoms in total. The van der Waals surface area contributed by atoms with Crippen molar-refractivity contribution in [2.24, 2.45) is 0 Å². The van der Waals surface area contributed by atoms with Crippen LogP contribution >= 0.6 is 0 Å². The topological polar surface area (TPSA) is 0 Å². The van der Waals surface area contributed by atoms with Gasteiger partial charge in [-0.2, -0.15) is 0 Å². The summed E-state index contributed by atoms with van der Waals surface area (Å²) in [5, 5.41) is 2.79. The van der Waals surface area contributed by atoms with Gasteiger partial charge in [0, 0.05) is 0 Å². The van der Waals surface area contributed by atoms with Crippen molar-refractivity contribution >= 4 is 41.7 Å². The van der Waals surface area contributed by atoms with Crippen molar-refractivity contribution in [1.29, 1.82) is 0 Å². The maximum atomic E-state index is 2.40. The average molecular weight is 304 g/mol. The van der Waals surface area contributed by atoms with Crippen LogP contribution in [0.5, 0.6) is 0 Å². The third-order valence-corrected chi connectivity index (χ3v) is 4.90. The van der Waals surface area contributed by atoms with Crippen molar-refractivity contribution in [1.82, 2.24) is 0 Å². The average Bonchev–Trinajstić information content (AvgIpc) is 2.56. The second-order valence-electron chi connectivity index (χ2n) is 6.29. The molecule has 0 aromatic heterocycles. The van der Waals surface area contributed by atoms with Gasteiger partial charge < -0.3 is 0 Å². The van der Waals surface area contributed by atoms with E-state index in [1.165, 1.54) is 43.8 Å². The van der Waals surface area contributed by atoms with Crippen molar-refractivity contribution in [3.8, 4) is 0 Å². The zero-order chi connectivity index (χ0) is 14.5. The monoisotopic (exact) mass is 304 g/mol. The second kappa shape index (κ2) is 5.79. The van der Waals surface area contributed by atoms with Crippen LogP contribution in [0.2, 0.25) is 0 Å². The number of rotatable bonds is 0. The van der Waals surface area contributed by atoms with Crippen LogP contribution in [0.3, 0.4) is 0 Å². The molecule has 0 atom stereocenters. The molecule has 0 N–H and O–H groups in total. The third-order valence-electron chi connectivity index (χ3n) is 4.90. The second-order valence-corrected chi connectivity index (χ2v) is 6.29. The Kier molecular flexibility index (Phi) is 3.77. The van der Waals surface area contributed by atoms with Crippen LogP contribution in [0, 0.1) is 0 Å². The Morgan fingerprint density at radius 3 is 1.43 bits per heavy atom. The first kappa shape index (κ1) is 15.0. The van der Waals surface area contributed by atoms with Gasteiger partial charge in [0.05, 0.1) is 0 Å². The van der Waals surface area contributed by atoms with Crippen LogP contribution in [0.4, 0.5) is 0 Å². The Balaban J connectivity index is 0.00000135. The van der Waals surface area contributed by atoms with Crippen LogP contribution in [0.1, 0.15) is 33.4 Å². The van der Waals surface area contributed by atoms with E-state index in [1.54, 1.807) is 0 Å². The molecule has 0 spiro atoms. The molecule has 0 heterocycles. The summed E-state index contributed by atoms with van der Waals surface area (Å²) < 4.78 is 0. The molecule has 5 rings (SSSR count). The first-order valence-corrected chi connectivity index (χ1v) is 7.88. The molecule has 2 aliphatic rings. The zero-order valence-corrected chi connectivity index (χ0v) is 12.3. The van der Waals surface area contributed by atoms with Gasteiger partial charge in [-0.05, 0) is 68.8 Å². The molecular formula is C22H17Na. The molecule has 0 unspecified atom stereocenters. The number of benzene rings is 3. The van der Waals surface area contributed by atoms with E-state index >= 15 is 0 Å². The van der Waals surface area contributed by atoms with Gasteiger partial charge in [-0.15, -0.1) is 0 Å². The Morgan fingerprint density at radius 1 is 0.522 bits per heavy atom. The van der Waals surface area contributed by atoms with E-state index in [0.717, 1.165) is 12.8 Å². The Hall–Kier alpha value is -1.60. The van der Waals surface area contributed by atoms with Gasteiger partial charge in [0.25, 0.3) is 0 Å². The third kappa shape index (κ3) is 2.52. The van der Waals surface area contributed by atoms with Crippen LogP contribution in [-0.4, -0.2) is 29.6 Å². The van der Waals surface area contributed by atoms with E-state index in [9.17, 15) is 0 Å². The van der Waals surface area contributed by atoms with Gasteiger partial charge >= 0.3 is 29.6 Å². The SMILES string of the molecule is C1=c2cc3c(cc2Cc2ccccc21)=Cc1ccccc1C3.[NaH]. The van der Waals surface area contributed by atoms with Crippen LogP contribution in [-0.2, 0) is 12.8 Å². The molecule has 0 radical (unpaired) electrons. The normalized spacial score (nSPS) is 13.2. The summed E-state index contributed by atoms with van der Waals surface area (Å²) in [4.78, 5) is 0. The van der Waals surface area contributed by atoms with Crippen molar-refractivity contribution in [3.63, 3.8) is 0 Å². The van der Waals surface area contributed by atoms with Crippen LogP contribution < -0.4 is 10.4 Å². The Bertz CT molecular complexity index is 943. The standard InChI is InChI=1S/C22H16.Na.H/c1-2-6-16-10-20-14-22-12-18-8-4-3-7-17(18)11-21(22)13-19(20)9-15(16)5-1;;/h1-9,12-14H,10-11H2;;. The molecule has 0 aliphatic heterocycles. The molecule has 0 saturated carbocycles. The molecule has 0 bridgehead atoms. The molecule has 3 aromatic carbocycles. The van der Waals surface area contributed by atoms with Gasteiger partial charge in [0.15, 0.2) is 0 Å². The van der Waals surface area contributed by atoms with Gasteiger partial charge in [0.1, 0.15) is 0 Å². The maximum absolute atomic E-state index is 2.40. The van der Waals surface area contributed by atoms with Gasteiger partial charge in [-0.3, -0.25) is 0 Å². The fraction of sp³-hybridized carbons (Fsp3) is 0.0909. The number of fused-ring (bicyclic) bond motifs is 4. The number of hydrogen-bond donors (Lipinski definition) is 0. The summed E-state index contributed by atoms with van der Waals surface area (Å²) in [6, 6.07) is 22.3. The molecule has 2 aliphatic carbocycles. The quantitative estimate of drug-likeness (QED) is 0.386. The first-order chi connectivity index (χ1) is 10.9. The predicted molar refractivity (Wildman–Crippen MR) is 98.5 cm³/mol. The van der Waals surface area contributed by atoms with Crippen molar-refractivity contribution in [2.75, 3.05) is 0 Å². The molecule has 0 fully saturated rings.